The zero-order valence-electron chi connectivity index (χ0n) is 12.1. The number of nitrogens with two attached hydrogens (primary N) is 1. The molecular weight excluding hydrogens is 274 g/mol. The molecule has 112 valence electrons. The lowest BCUT2D eigenvalue weighted by molar-refractivity contribution is 0.345. The van der Waals surface area contributed by atoms with E-state index in [0.717, 1.165) is 31.9 Å². The minimum absolute atomic E-state index is 0.263. The average Bonchev–Trinajstić information content (AvgIpc) is 2.84. The van der Waals surface area contributed by atoms with E-state index >= 15 is 0 Å². The van der Waals surface area contributed by atoms with Crippen molar-refractivity contribution in [2.75, 3.05) is 43.5 Å². The van der Waals surface area contributed by atoms with Gasteiger partial charge in [-0.1, -0.05) is 6.92 Å². The van der Waals surface area contributed by atoms with E-state index in [1.165, 1.54) is 18.7 Å². The van der Waals surface area contributed by atoms with Gasteiger partial charge in [0, 0.05) is 19.3 Å². The van der Waals surface area contributed by atoms with Gasteiger partial charge in [0.1, 0.15) is 0 Å². The number of rotatable bonds is 5. The average molecular weight is 297 g/mol. The van der Waals surface area contributed by atoms with Gasteiger partial charge < -0.3 is 16.0 Å². The second kappa shape index (κ2) is 6.01. The van der Waals surface area contributed by atoms with Crippen LogP contribution < -0.4 is 11.1 Å². The molecule has 5 nitrogen and oxygen atoms in total. The molecule has 1 unspecified atom stereocenters. The van der Waals surface area contributed by atoms with Crippen LogP contribution in [0, 0.1) is 5.92 Å². The number of nitrogens with one attached hydrogen (secondary N) is 1. The van der Waals surface area contributed by atoms with Crippen LogP contribution in [0.3, 0.4) is 0 Å². The van der Waals surface area contributed by atoms with Crippen molar-refractivity contribution in [1.29, 1.82) is 0 Å². The van der Waals surface area contributed by atoms with E-state index in [9.17, 15) is 8.42 Å². The molecule has 1 aliphatic rings. The molecular formula is C14H23N3O2S. The van der Waals surface area contributed by atoms with Crippen molar-refractivity contribution in [3.05, 3.63) is 18.2 Å². The first-order valence-corrected chi connectivity index (χ1v) is 8.85. The fourth-order valence-electron chi connectivity index (χ4n) is 2.55. The summed E-state index contributed by atoms with van der Waals surface area (Å²) in [5, 5.41) is 3.33. The SMILES string of the molecule is CCN1CCC(CNc2ccc(S(C)(=O)=O)cc2N)C1. The zero-order chi connectivity index (χ0) is 14.8. The van der Waals surface area contributed by atoms with E-state index in [2.05, 4.69) is 17.1 Å². The fourth-order valence-corrected chi connectivity index (χ4v) is 3.21. The summed E-state index contributed by atoms with van der Waals surface area (Å²) in [6.45, 7) is 6.43. The largest absolute Gasteiger partial charge is 0.397 e. The number of hydrogen-bond donors (Lipinski definition) is 2. The fraction of sp³-hybridized carbons (Fsp3) is 0.571. The molecule has 1 heterocycles. The Hall–Kier alpha value is -1.27. The molecule has 1 fully saturated rings. The Morgan fingerprint density at radius 2 is 2.20 bits per heavy atom. The Labute approximate surface area is 121 Å². The minimum atomic E-state index is -3.20. The normalized spacial score (nSPS) is 20.2. The van der Waals surface area contributed by atoms with Gasteiger partial charge in [0.25, 0.3) is 0 Å². The van der Waals surface area contributed by atoms with Gasteiger partial charge in [0.2, 0.25) is 0 Å². The Morgan fingerprint density at radius 1 is 1.45 bits per heavy atom. The molecule has 0 aromatic heterocycles. The Morgan fingerprint density at radius 3 is 2.75 bits per heavy atom. The quantitative estimate of drug-likeness (QED) is 0.804. The van der Waals surface area contributed by atoms with Crippen LogP contribution >= 0.6 is 0 Å². The minimum Gasteiger partial charge on any atom is -0.397 e. The smallest absolute Gasteiger partial charge is 0.175 e. The molecule has 0 saturated carbocycles. The van der Waals surface area contributed by atoms with Gasteiger partial charge in [-0.25, -0.2) is 8.42 Å². The van der Waals surface area contributed by atoms with E-state index < -0.39 is 9.84 Å². The van der Waals surface area contributed by atoms with Crippen molar-refractivity contribution in [1.82, 2.24) is 4.90 Å². The Balaban J connectivity index is 1.97. The van der Waals surface area contributed by atoms with E-state index in [0.29, 0.717) is 11.6 Å². The Kier molecular flexibility index (Phi) is 4.55. The second-order valence-electron chi connectivity index (χ2n) is 5.45. The van der Waals surface area contributed by atoms with Crippen LogP contribution in [-0.4, -0.2) is 45.8 Å². The number of nitrogens with zero attached hydrogens (tertiary/aromatic N) is 1. The molecule has 1 aromatic carbocycles. The molecule has 0 amide bonds. The highest BCUT2D eigenvalue weighted by Crippen LogP contribution is 2.24. The van der Waals surface area contributed by atoms with Crippen LogP contribution in [0.4, 0.5) is 11.4 Å². The number of nitrogen functional groups attached to an aromatic ring is 1. The van der Waals surface area contributed by atoms with Gasteiger partial charge in [0.15, 0.2) is 9.84 Å². The highest BCUT2D eigenvalue weighted by atomic mass is 32.2. The summed E-state index contributed by atoms with van der Waals surface area (Å²) in [7, 11) is -3.20. The van der Waals surface area contributed by atoms with Crippen molar-refractivity contribution in [2.24, 2.45) is 5.92 Å². The van der Waals surface area contributed by atoms with E-state index in [1.807, 2.05) is 0 Å². The number of benzene rings is 1. The summed E-state index contributed by atoms with van der Waals surface area (Å²) >= 11 is 0. The summed E-state index contributed by atoms with van der Waals surface area (Å²) in [6, 6.07) is 4.87. The first-order valence-electron chi connectivity index (χ1n) is 6.96. The maximum Gasteiger partial charge on any atom is 0.175 e. The third-order valence-corrected chi connectivity index (χ3v) is 4.96. The van der Waals surface area contributed by atoms with Crippen LogP contribution in [0.5, 0.6) is 0 Å². The lowest BCUT2D eigenvalue weighted by Gasteiger charge is -2.15. The molecule has 1 atom stereocenters. The van der Waals surface area contributed by atoms with Gasteiger partial charge in [-0.2, -0.15) is 0 Å². The van der Waals surface area contributed by atoms with Crippen molar-refractivity contribution in [3.63, 3.8) is 0 Å². The molecule has 1 aliphatic heterocycles. The van der Waals surface area contributed by atoms with Gasteiger partial charge in [-0.3, -0.25) is 0 Å². The van der Waals surface area contributed by atoms with Gasteiger partial charge >= 0.3 is 0 Å². The third-order valence-electron chi connectivity index (χ3n) is 3.85. The highest BCUT2D eigenvalue weighted by Gasteiger charge is 2.21. The zero-order valence-corrected chi connectivity index (χ0v) is 12.9. The molecule has 6 heteroatoms. The molecule has 1 aromatic rings. The van der Waals surface area contributed by atoms with Crippen LogP contribution in [0.1, 0.15) is 13.3 Å². The first-order chi connectivity index (χ1) is 9.40. The summed E-state index contributed by atoms with van der Waals surface area (Å²) < 4.78 is 22.9. The first kappa shape index (κ1) is 15.1. The number of likely N-dealkylation sites (tertiary alicyclic amines) is 1. The molecule has 20 heavy (non-hydrogen) atoms. The third kappa shape index (κ3) is 3.64. The lowest BCUT2D eigenvalue weighted by atomic mass is 10.1. The number of anilines is 2. The molecule has 1 saturated heterocycles. The maximum atomic E-state index is 11.5. The summed E-state index contributed by atoms with van der Waals surface area (Å²) in [4.78, 5) is 2.70. The predicted molar refractivity (Wildman–Crippen MR) is 82.7 cm³/mol. The van der Waals surface area contributed by atoms with Crippen molar-refractivity contribution >= 4 is 21.2 Å². The molecule has 0 bridgehead atoms. The topological polar surface area (TPSA) is 75.4 Å². The van der Waals surface area contributed by atoms with Crippen molar-refractivity contribution in [3.8, 4) is 0 Å². The van der Waals surface area contributed by atoms with E-state index in [-0.39, 0.29) is 4.90 Å². The molecule has 2 rings (SSSR count). The molecule has 0 radical (unpaired) electrons. The summed E-state index contributed by atoms with van der Waals surface area (Å²) in [6.07, 6.45) is 2.38. The van der Waals surface area contributed by atoms with Crippen LogP contribution in [0.25, 0.3) is 0 Å². The summed E-state index contributed by atoms with van der Waals surface area (Å²) in [5.74, 6) is 0.629. The number of hydrogen-bond acceptors (Lipinski definition) is 5. The lowest BCUT2D eigenvalue weighted by Crippen LogP contribution is -2.22. The second-order valence-corrected chi connectivity index (χ2v) is 7.47. The standard InChI is InChI=1S/C14H23N3O2S/c1-3-17-7-6-11(10-17)9-16-14-5-4-12(8-13(14)15)20(2,18)19/h4-5,8,11,16H,3,6-7,9-10,15H2,1-2H3. The summed E-state index contributed by atoms with van der Waals surface area (Å²) in [5.41, 5.74) is 7.22. The van der Waals surface area contributed by atoms with Crippen LogP contribution in [0.2, 0.25) is 0 Å². The number of sulfone groups is 1. The van der Waals surface area contributed by atoms with Gasteiger partial charge in [-0.05, 0) is 43.6 Å². The van der Waals surface area contributed by atoms with Crippen LogP contribution in [0.15, 0.2) is 23.1 Å². The van der Waals surface area contributed by atoms with E-state index in [4.69, 9.17) is 5.73 Å². The molecule has 0 aliphatic carbocycles. The van der Waals surface area contributed by atoms with Gasteiger partial charge in [0.05, 0.1) is 16.3 Å². The van der Waals surface area contributed by atoms with Crippen molar-refractivity contribution in [2.45, 2.75) is 18.2 Å². The maximum absolute atomic E-state index is 11.5. The molecule has 3 N–H and O–H groups in total. The highest BCUT2D eigenvalue weighted by molar-refractivity contribution is 7.90. The van der Waals surface area contributed by atoms with Crippen LogP contribution in [-0.2, 0) is 9.84 Å². The monoisotopic (exact) mass is 297 g/mol. The van der Waals surface area contributed by atoms with Crippen molar-refractivity contribution < 1.29 is 8.42 Å². The van der Waals surface area contributed by atoms with E-state index in [1.54, 1.807) is 12.1 Å². The predicted octanol–water partition coefficient (Wildman–Crippen LogP) is 1.43. The Bertz CT molecular complexity index is 572. The van der Waals surface area contributed by atoms with Gasteiger partial charge in [-0.15, -0.1) is 0 Å². The molecule has 0 spiro atoms.